The molecule has 148 valence electrons. The Kier molecular flexibility index (Phi) is 4.73. The van der Waals surface area contributed by atoms with Crippen molar-refractivity contribution < 1.29 is 24.2 Å². The molecule has 0 unspecified atom stereocenters. The van der Waals surface area contributed by atoms with Crippen LogP contribution in [-0.4, -0.2) is 29.6 Å². The largest absolute Gasteiger partial charge is 0.481 e. The Balaban J connectivity index is 1.44. The summed E-state index contributed by atoms with van der Waals surface area (Å²) in [5.74, 6) is -1.67. The van der Waals surface area contributed by atoms with Crippen molar-refractivity contribution in [1.82, 2.24) is 0 Å². The number of anilines is 1. The van der Waals surface area contributed by atoms with Crippen molar-refractivity contribution in [3.8, 4) is 0 Å². The molecule has 2 saturated carbocycles. The number of allylic oxidation sites excluding steroid dienone is 2. The molecule has 4 aliphatic rings. The van der Waals surface area contributed by atoms with Crippen molar-refractivity contribution in [2.45, 2.75) is 20.3 Å². The Morgan fingerprint density at radius 1 is 1.07 bits per heavy atom. The molecular weight excluding hydrogens is 358 g/mol. The third-order valence-electron chi connectivity index (χ3n) is 6.18. The number of amides is 1. The molecule has 0 heterocycles. The molecular formula is C22H25NO5. The van der Waals surface area contributed by atoms with E-state index in [9.17, 15) is 19.5 Å². The van der Waals surface area contributed by atoms with Gasteiger partial charge >= 0.3 is 11.9 Å². The second-order valence-corrected chi connectivity index (χ2v) is 8.55. The van der Waals surface area contributed by atoms with E-state index in [2.05, 4.69) is 5.32 Å². The second-order valence-electron chi connectivity index (χ2n) is 8.55. The van der Waals surface area contributed by atoms with Crippen LogP contribution in [0.25, 0.3) is 0 Å². The van der Waals surface area contributed by atoms with E-state index in [0.717, 1.165) is 6.42 Å². The Morgan fingerprint density at radius 2 is 1.68 bits per heavy atom. The van der Waals surface area contributed by atoms with E-state index in [1.54, 1.807) is 24.3 Å². The van der Waals surface area contributed by atoms with Gasteiger partial charge in [0.2, 0.25) is 5.91 Å². The lowest BCUT2D eigenvalue weighted by molar-refractivity contribution is -0.152. The number of carboxylic acids is 1. The summed E-state index contributed by atoms with van der Waals surface area (Å²) in [5.41, 5.74) is 0.967. The summed E-state index contributed by atoms with van der Waals surface area (Å²) in [7, 11) is 0. The van der Waals surface area contributed by atoms with Crippen LogP contribution in [0.2, 0.25) is 0 Å². The zero-order valence-corrected chi connectivity index (χ0v) is 16.0. The Morgan fingerprint density at radius 3 is 2.25 bits per heavy atom. The van der Waals surface area contributed by atoms with Crippen molar-refractivity contribution in [3.05, 3.63) is 42.0 Å². The number of carbonyl (C=O) groups is 3. The van der Waals surface area contributed by atoms with E-state index >= 15 is 0 Å². The highest BCUT2D eigenvalue weighted by molar-refractivity contribution is 5.97. The van der Waals surface area contributed by atoms with Gasteiger partial charge in [-0.2, -0.15) is 0 Å². The molecule has 6 atom stereocenters. The first kappa shape index (κ1) is 18.7. The average molecular weight is 383 g/mol. The molecule has 5 rings (SSSR count). The Labute approximate surface area is 164 Å². The van der Waals surface area contributed by atoms with Crippen LogP contribution in [0.5, 0.6) is 0 Å². The molecule has 1 amide bonds. The van der Waals surface area contributed by atoms with E-state index in [0.29, 0.717) is 29.7 Å². The normalized spacial score (nSPS) is 32.0. The van der Waals surface area contributed by atoms with E-state index in [1.165, 1.54) is 0 Å². The third kappa shape index (κ3) is 3.32. The number of hydrogen-bond acceptors (Lipinski definition) is 4. The molecule has 0 saturated heterocycles. The molecule has 0 aromatic heterocycles. The number of ether oxygens (including phenoxy) is 1. The predicted octanol–water partition coefficient (Wildman–Crippen LogP) is 3.21. The third-order valence-corrected chi connectivity index (χ3v) is 6.18. The number of carbonyl (C=O) groups excluding carboxylic acids is 2. The van der Waals surface area contributed by atoms with Crippen LogP contribution >= 0.6 is 0 Å². The summed E-state index contributed by atoms with van der Waals surface area (Å²) in [4.78, 5) is 36.8. The molecule has 4 aliphatic carbocycles. The first-order valence-corrected chi connectivity index (χ1v) is 9.86. The van der Waals surface area contributed by atoms with Gasteiger partial charge in [0.05, 0.1) is 24.0 Å². The van der Waals surface area contributed by atoms with Crippen LogP contribution < -0.4 is 5.32 Å². The maximum absolute atomic E-state index is 12.9. The van der Waals surface area contributed by atoms with Gasteiger partial charge in [-0.05, 0) is 60.3 Å². The summed E-state index contributed by atoms with van der Waals surface area (Å²) in [6.07, 6.45) is 5.05. The number of esters is 1. The van der Waals surface area contributed by atoms with Crippen molar-refractivity contribution in [2.24, 2.45) is 41.4 Å². The highest BCUT2D eigenvalue weighted by Crippen LogP contribution is 2.63. The fourth-order valence-electron chi connectivity index (χ4n) is 4.81. The minimum atomic E-state index is -0.895. The maximum atomic E-state index is 12.9. The van der Waals surface area contributed by atoms with Gasteiger partial charge in [0, 0.05) is 5.69 Å². The summed E-state index contributed by atoms with van der Waals surface area (Å²) >= 11 is 0. The second kappa shape index (κ2) is 7.08. The molecule has 0 radical (unpaired) electrons. The topological polar surface area (TPSA) is 92.7 Å². The van der Waals surface area contributed by atoms with E-state index in [-0.39, 0.29) is 23.7 Å². The van der Waals surface area contributed by atoms with Gasteiger partial charge < -0.3 is 15.2 Å². The van der Waals surface area contributed by atoms with Gasteiger partial charge in [0.1, 0.15) is 0 Å². The Hall–Kier alpha value is -2.63. The summed E-state index contributed by atoms with van der Waals surface area (Å²) in [6.45, 7) is 4.29. The first-order chi connectivity index (χ1) is 13.4. The quantitative estimate of drug-likeness (QED) is 0.581. The van der Waals surface area contributed by atoms with Gasteiger partial charge in [-0.3, -0.25) is 9.59 Å². The van der Waals surface area contributed by atoms with Gasteiger partial charge in [-0.25, -0.2) is 4.79 Å². The fourth-order valence-corrected chi connectivity index (χ4v) is 4.81. The summed E-state index contributed by atoms with van der Waals surface area (Å²) < 4.78 is 5.20. The van der Waals surface area contributed by atoms with E-state index in [1.807, 2.05) is 26.0 Å². The molecule has 0 spiro atoms. The van der Waals surface area contributed by atoms with Crippen molar-refractivity contribution in [2.75, 3.05) is 11.9 Å². The minimum absolute atomic E-state index is 0.00128. The molecule has 6 heteroatoms. The van der Waals surface area contributed by atoms with Crippen molar-refractivity contribution in [1.29, 1.82) is 0 Å². The van der Waals surface area contributed by atoms with Gasteiger partial charge in [-0.1, -0.05) is 26.0 Å². The van der Waals surface area contributed by atoms with Crippen LogP contribution in [0.4, 0.5) is 5.69 Å². The standard InChI is InChI=1S/C22H25NO5/c1-11(2)10-28-22(27)12-3-5-13(6-4-12)23-20(24)18-14-7-8-15(17-9-16(14)17)19(18)21(25)26/h3-8,11,14-19H,9-10H2,1-2H3,(H,23,24)(H,25,26)/t14-,15-,16-,17-,18+,19-/m0/s1. The van der Waals surface area contributed by atoms with E-state index in [4.69, 9.17) is 4.74 Å². The number of aliphatic carboxylic acids is 1. The number of hydrogen-bond donors (Lipinski definition) is 2. The molecule has 2 fully saturated rings. The number of carboxylic acid groups (broad SMARTS) is 1. The lowest BCUT2D eigenvalue weighted by atomic mass is 9.62. The van der Waals surface area contributed by atoms with Crippen molar-refractivity contribution >= 4 is 23.5 Å². The first-order valence-electron chi connectivity index (χ1n) is 9.86. The molecule has 28 heavy (non-hydrogen) atoms. The van der Waals surface area contributed by atoms with Crippen molar-refractivity contribution in [3.63, 3.8) is 0 Å². The molecule has 1 aromatic rings. The molecule has 2 bridgehead atoms. The summed E-state index contributed by atoms with van der Waals surface area (Å²) in [6, 6.07) is 6.51. The molecule has 1 aromatic carbocycles. The average Bonchev–Trinajstić information content (AvgIpc) is 3.48. The maximum Gasteiger partial charge on any atom is 0.338 e. The van der Waals surface area contributed by atoms with Crippen LogP contribution in [-0.2, 0) is 14.3 Å². The van der Waals surface area contributed by atoms with Crippen LogP contribution in [0.3, 0.4) is 0 Å². The minimum Gasteiger partial charge on any atom is -0.481 e. The zero-order valence-electron chi connectivity index (χ0n) is 16.0. The number of nitrogens with one attached hydrogen (secondary N) is 1. The lowest BCUT2D eigenvalue weighted by Gasteiger charge is -2.41. The Bertz CT molecular complexity index is 828. The zero-order chi connectivity index (χ0) is 20.0. The summed E-state index contributed by atoms with van der Waals surface area (Å²) in [5, 5.41) is 12.6. The molecule has 6 nitrogen and oxygen atoms in total. The van der Waals surface area contributed by atoms with Gasteiger partial charge in [0.15, 0.2) is 0 Å². The highest BCUT2D eigenvalue weighted by atomic mass is 16.5. The number of fused-ring (bicyclic) bond motifs is 1. The number of rotatable bonds is 6. The molecule has 2 N–H and O–H groups in total. The fraction of sp³-hybridized carbons (Fsp3) is 0.500. The van der Waals surface area contributed by atoms with Crippen LogP contribution in [0, 0.1) is 41.4 Å². The molecule has 0 aliphatic heterocycles. The van der Waals surface area contributed by atoms with Crippen LogP contribution in [0.1, 0.15) is 30.6 Å². The van der Waals surface area contributed by atoms with Gasteiger partial charge in [-0.15, -0.1) is 0 Å². The predicted molar refractivity (Wildman–Crippen MR) is 103 cm³/mol. The van der Waals surface area contributed by atoms with Crippen LogP contribution in [0.15, 0.2) is 36.4 Å². The van der Waals surface area contributed by atoms with E-state index < -0.39 is 23.8 Å². The smallest absolute Gasteiger partial charge is 0.338 e. The number of benzene rings is 1. The highest BCUT2D eigenvalue weighted by Gasteiger charge is 2.62. The van der Waals surface area contributed by atoms with Gasteiger partial charge in [0.25, 0.3) is 0 Å². The monoisotopic (exact) mass is 383 g/mol. The lowest BCUT2D eigenvalue weighted by Crippen LogP contribution is -2.48. The SMILES string of the molecule is CC(C)COC(=O)c1ccc(NC(=O)[C@@H]2[C@H]3C=C[C@@H]([C@@H]4C[C@@H]34)[C@@H]2C(=O)O)cc1.